The Bertz CT molecular complexity index is 1340. The molecule has 3 aromatic rings. The lowest BCUT2D eigenvalue weighted by molar-refractivity contribution is -0.115. The molecule has 0 saturated carbocycles. The summed E-state index contributed by atoms with van der Waals surface area (Å²) in [4.78, 5) is 28.1. The Morgan fingerprint density at radius 2 is 1.84 bits per heavy atom. The fraction of sp³-hybridized carbons (Fsp3) is 0.321. The van der Waals surface area contributed by atoms with E-state index in [4.69, 9.17) is 9.47 Å². The molecule has 0 bridgehead atoms. The van der Waals surface area contributed by atoms with E-state index in [2.05, 4.69) is 23.6 Å². The van der Waals surface area contributed by atoms with Crippen LogP contribution in [0.4, 0.5) is 10.7 Å². The van der Waals surface area contributed by atoms with Crippen LogP contribution in [-0.4, -0.2) is 31.3 Å². The number of hydrogen-bond donors (Lipinski definition) is 2. The van der Waals surface area contributed by atoms with Gasteiger partial charge in [-0.05, 0) is 68.0 Å². The van der Waals surface area contributed by atoms with E-state index in [-0.39, 0.29) is 11.8 Å². The first-order chi connectivity index (χ1) is 17.8. The Labute approximate surface area is 225 Å². The van der Waals surface area contributed by atoms with Gasteiger partial charge in [-0.2, -0.15) is 5.26 Å². The van der Waals surface area contributed by atoms with E-state index in [9.17, 15) is 14.9 Å². The van der Waals surface area contributed by atoms with Gasteiger partial charge in [-0.1, -0.05) is 19.1 Å². The van der Waals surface area contributed by atoms with E-state index in [0.717, 1.165) is 29.7 Å². The second kappa shape index (κ2) is 11.7. The molecule has 0 aliphatic heterocycles. The number of thiophene rings is 1. The van der Waals surface area contributed by atoms with E-state index in [1.54, 1.807) is 24.3 Å². The number of ether oxygens (including phenoxy) is 2. The zero-order valence-electron chi connectivity index (χ0n) is 21.2. The van der Waals surface area contributed by atoms with Gasteiger partial charge in [0.15, 0.2) is 0 Å². The first-order valence-electron chi connectivity index (χ1n) is 12.0. The quantitative estimate of drug-likeness (QED) is 0.337. The molecule has 4 rings (SSSR count). The number of amides is 2. The largest absolute Gasteiger partial charge is 0.496 e. The molecule has 1 aliphatic rings. The van der Waals surface area contributed by atoms with E-state index in [1.807, 2.05) is 25.1 Å². The molecule has 0 saturated heterocycles. The molecule has 1 heterocycles. The normalized spacial score (nSPS) is 15.2. The van der Waals surface area contributed by atoms with Gasteiger partial charge in [0.25, 0.3) is 5.91 Å². The molecule has 2 N–H and O–H groups in total. The van der Waals surface area contributed by atoms with Gasteiger partial charge in [0.2, 0.25) is 5.91 Å². The van der Waals surface area contributed by atoms with Crippen LogP contribution in [0.5, 0.6) is 11.5 Å². The maximum Gasteiger partial charge on any atom is 0.263 e. The third-order valence-corrected chi connectivity index (χ3v) is 8.55. The third-order valence-electron chi connectivity index (χ3n) is 6.29. The number of carbonyl (C=O) groups excluding carboxylic acids is 2. The molecule has 192 valence electrons. The standard InChI is InChI=1S/C28H29N3O4S2/c1-16-11-12-20-21(15-29)28(37-24(20)13-16)31-26(32)17(2)36-19-8-5-7-18(14-19)30-27(33)25-22(34-3)9-6-10-23(25)35-4/h5-10,14,16-17H,11-13H2,1-4H3,(H,30,33)(H,31,32). The number of benzene rings is 2. The number of fused-ring (bicyclic) bond motifs is 1. The second-order valence-electron chi connectivity index (χ2n) is 8.94. The number of anilines is 2. The average Bonchev–Trinajstić information content (AvgIpc) is 3.23. The smallest absolute Gasteiger partial charge is 0.263 e. The van der Waals surface area contributed by atoms with Crippen LogP contribution in [-0.2, 0) is 17.6 Å². The van der Waals surface area contributed by atoms with Crippen LogP contribution in [0.2, 0.25) is 0 Å². The minimum atomic E-state index is -0.412. The Hall–Kier alpha value is -3.48. The van der Waals surface area contributed by atoms with Crippen molar-refractivity contribution in [3.05, 3.63) is 64.0 Å². The van der Waals surface area contributed by atoms with Crippen molar-refractivity contribution >= 4 is 45.6 Å². The SMILES string of the molecule is COc1cccc(OC)c1C(=O)Nc1cccc(SC(C)C(=O)Nc2sc3c(c2C#N)CCC(C)C3)c1. The predicted molar refractivity (Wildman–Crippen MR) is 148 cm³/mol. The number of nitrogens with one attached hydrogen (secondary N) is 2. The molecule has 1 aliphatic carbocycles. The fourth-order valence-corrected chi connectivity index (χ4v) is 6.63. The average molecular weight is 536 g/mol. The van der Waals surface area contributed by atoms with E-state index in [0.29, 0.717) is 39.2 Å². The van der Waals surface area contributed by atoms with Gasteiger partial charge in [-0.15, -0.1) is 23.1 Å². The molecule has 9 heteroatoms. The zero-order chi connectivity index (χ0) is 26.5. The molecule has 37 heavy (non-hydrogen) atoms. The molecule has 7 nitrogen and oxygen atoms in total. The summed E-state index contributed by atoms with van der Waals surface area (Å²) in [7, 11) is 3.00. The van der Waals surface area contributed by atoms with Gasteiger partial charge in [-0.25, -0.2) is 0 Å². The van der Waals surface area contributed by atoms with Crippen molar-refractivity contribution in [1.29, 1.82) is 5.26 Å². The maximum atomic E-state index is 13.0. The topological polar surface area (TPSA) is 100 Å². The number of methoxy groups -OCH3 is 2. The van der Waals surface area contributed by atoms with Gasteiger partial charge < -0.3 is 20.1 Å². The lowest BCUT2D eigenvalue weighted by Crippen LogP contribution is -2.22. The van der Waals surface area contributed by atoms with Crippen LogP contribution in [0.25, 0.3) is 0 Å². The number of thioether (sulfide) groups is 1. The van der Waals surface area contributed by atoms with Gasteiger partial charge in [0.05, 0.1) is 25.0 Å². The Morgan fingerprint density at radius 1 is 1.14 bits per heavy atom. The number of nitrogens with zero attached hydrogens (tertiary/aromatic N) is 1. The minimum absolute atomic E-state index is 0.165. The van der Waals surface area contributed by atoms with E-state index >= 15 is 0 Å². The molecule has 0 spiro atoms. The summed E-state index contributed by atoms with van der Waals surface area (Å²) in [5, 5.41) is 15.8. The Morgan fingerprint density at radius 3 is 2.51 bits per heavy atom. The Kier molecular flexibility index (Phi) is 8.41. The lowest BCUT2D eigenvalue weighted by atomic mass is 9.89. The van der Waals surface area contributed by atoms with Crippen LogP contribution in [0.1, 0.15) is 46.6 Å². The highest BCUT2D eigenvalue weighted by Crippen LogP contribution is 2.39. The summed E-state index contributed by atoms with van der Waals surface area (Å²) in [5.74, 6) is 0.888. The Balaban J connectivity index is 1.44. The molecule has 0 radical (unpaired) electrons. The maximum absolute atomic E-state index is 13.0. The first-order valence-corrected chi connectivity index (χ1v) is 13.7. The highest BCUT2D eigenvalue weighted by molar-refractivity contribution is 8.00. The highest BCUT2D eigenvalue weighted by atomic mass is 32.2. The number of rotatable bonds is 8. The molecule has 2 aromatic carbocycles. The summed E-state index contributed by atoms with van der Waals surface area (Å²) in [6, 6.07) is 14.8. The van der Waals surface area contributed by atoms with E-state index in [1.165, 1.54) is 42.2 Å². The van der Waals surface area contributed by atoms with Gasteiger partial charge in [-0.3, -0.25) is 9.59 Å². The van der Waals surface area contributed by atoms with Crippen LogP contribution >= 0.6 is 23.1 Å². The van der Waals surface area contributed by atoms with Crippen LogP contribution < -0.4 is 20.1 Å². The molecule has 1 aromatic heterocycles. The predicted octanol–water partition coefficient (Wildman–Crippen LogP) is 6.13. The number of hydrogen-bond acceptors (Lipinski definition) is 7. The summed E-state index contributed by atoms with van der Waals surface area (Å²) in [6.07, 6.45) is 2.90. The van der Waals surface area contributed by atoms with Crippen molar-refractivity contribution in [2.24, 2.45) is 5.92 Å². The van der Waals surface area contributed by atoms with Crippen LogP contribution in [0, 0.1) is 17.2 Å². The van der Waals surface area contributed by atoms with Gasteiger partial charge in [0.1, 0.15) is 28.1 Å². The van der Waals surface area contributed by atoms with E-state index < -0.39 is 5.25 Å². The van der Waals surface area contributed by atoms with Gasteiger partial charge >= 0.3 is 0 Å². The monoisotopic (exact) mass is 535 g/mol. The molecular formula is C28H29N3O4S2. The summed E-state index contributed by atoms with van der Waals surface area (Å²) in [5.41, 5.74) is 2.59. The molecule has 2 atom stereocenters. The highest BCUT2D eigenvalue weighted by Gasteiger charge is 2.26. The first kappa shape index (κ1) is 26.6. The second-order valence-corrected chi connectivity index (χ2v) is 11.5. The van der Waals surface area contributed by atoms with Crippen molar-refractivity contribution in [1.82, 2.24) is 0 Å². The van der Waals surface area contributed by atoms with Crippen molar-refractivity contribution in [2.75, 3.05) is 24.9 Å². The van der Waals surface area contributed by atoms with Crippen LogP contribution in [0.3, 0.4) is 0 Å². The summed E-state index contributed by atoms with van der Waals surface area (Å²) >= 11 is 2.90. The minimum Gasteiger partial charge on any atom is -0.496 e. The fourth-order valence-electron chi connectivity index (χ4n) is 4.34. The molecule has 0 fully saturated rings. The van der Waals surface area contributed by atoms with Crippen molar-refractivity contribution < 1.29 is 19.1 Å². The molecule has 2 unspecified atom stereocenters. The summed E-state index contributed by atoms with van der Waals surface area (Å²) in [6.45, 7) is 4.04. The van der Waals surface area contributed by atoms with Gasteiger partial charge in [0, 0.05) is 15.5 Å². The summed E-state index contributed by atoms with van der Waals surface area (Å²) < 4.78 is 10.7. The van der Waals surface area contributed by atoms with Crippen LogP contribution in [0.15, 0.2) is 47.4 Å². The number of carbonyl (C=O) groups is 2. The molecular weight excluding hydrogens is 506 g/mol. The number of nitriles is 1. The lowest BCUT2D eigenvalue weighted by Gasteiger charge is -2.17. The third kappa shape index (κ3) is 5.92. The zero-order valence-corrected chi connectivity index (χ0v) is 22.8. The molecule has 2 amide bonds. The van der Waals surface area contributed by atoms with Crippen molar-refractivity contribution in [2.45, 2.75) is 43.3 Å². The van der Waals surface area contributed by atoms with Crippen molar-refractivity contribution in [3.8, 4) is 17.6 Å². The van der Waals surface area contributed by atoms with Crippen molar-refractivity contribution in [3.63, 3.8) is 0 Å².